The molecule has 0 aliphatic carbocycles. The Morgan fingerprint density at radius 3 is 2.28 bits per heavy atom. The summed E-state index contributed by atoms with van der Waals surface area (Å²) in [6.07, 6.45) is -2.82. The number of rotatable bonds is 6. The Morgan fingerprint density at radius 2 is 1.56 bits per heavy atom. The van der Waals surface area contributed by atoms with Crippen molar-refractivity contribution in [3.05, 3.63) is 107 Å². The Bertz CT molecular complexity index is 1230. The normalized spacial score (nSPS) is 11.8. The zero-order valence-corrected chi connectivity index (χ0v) is 16.7. The zero-order chi connectivity index (χ0) is 22.6. The fraction of sp³-hybridized carbons (Fsp3) is 0.0800. The molecule has 0 amide bonds. The molecule has 0 unspecified atom stereocenters. The minimum absolute atomic E-state index is 0.242. The van der Waals surface area contributed by atoms with Gasteiger partial charge in [0.15, 0.2) is 0 Å². The van der Waals surface area contributed by atoms with Crippen LogP contribution in [-0.2, 0) is 12.8 Å². The number of ether oxygens (including phenoxy) is 1. The van der Waals surface area contributed by atoms with E-state index in [9.17, 15) is 17.6 Å². The number of halogens is 4. The summed E-state index contributed by atoms with van der Waals surface area (Å²) in [7, 11) is 0. The van der Waals surface area contributed by atoms with Crippen LogP contribution in [0.2, 0.25) is 0 Å². The molecule has 4 aromatic carbocycles. The maximum absolute atomic E-state index is 13.1. The molecule has 3 nitrogen and oxygen atoms in total. The number of hydrogen-bond donors (Lipinski definition) is 1. The summed E-state index contributed by atoms with van der Waals surface area (Å²) in [6.45, 7) is 0.242. The second kappa shape index (κ2) is 9.09. The standard InChI is InChI=1S/C25H18F4N2O/c26-20-10-5-17(6-11-20)16-32-24-14-7-18-3-1-2-4-22(18)23(24)15-30-31-21-12-8-19(9-13-21)25(27,28)29/h1-15,31H,16H2. The molecule has 0 bridgehead atoms. The van der Waals surface area contributed by atoms with Gasteiger partial charge in [-0.3, -0.25) is 5.43 Å². The van der Waals surface area contributed by atoms with E-state index in [1.54, 1.807) is 18.3 Å². The largest absolute Gasteiger partial charge is 0.488 e. The van der Waals surface area contributed by atoms with Crippen LogP contribution in [0.4, 0.5) is 23.2 Å². The molecule has 0 fully saturated rings. The molecular weight excluding hydrogens is 420 g/mol. The Kier molecular flexibility index (Phi) is 6.07. The predicted molar refractivity (Wildman–Crippen MR) is 117 cm³/mol. The average molecular weight is 438 g/mol. The quantitative estimate of drug-likeness (QED) is 0.199. The van der Waals surface area contributed by atoms with Gasteiger partial charge >= 0.3 is 6.18 Å². The van der Waals surface area contributed by atoms with Crippen LogP contribution in [0.15, 0.2) is 90.0 Å². The topological polar surface area (TPSA) is 33.6 Å². The van der Waals surface area contributed by atoms with E-state index in [0.29, 0.717) is 17.0 Å². The van der Waals surface area contributed by atoms with Crippen LogP contribution in [-0.4, -0.2) is 6.21 Å². The van der Waals surface area contributed by atoms with Gasteiger partial charge in [-0.1, -0.05) is 42.5 Å². The lowest BCUT2D eigenvalue weighted by Gasteiger charge is -2.12. The molecule has 162 valence electrons. The summed E-state index contributed by atoms with van der Waals surface area (Å²) >= 11 is 0. The second-order valence-corrected chi connectivity index (χ2v) is 7.06. The molecule has 0 atom stereocenters. The monoisotopic (exact) mass is 438 g/mol. The Morgan fingerprint density at radius 1 is 0.844 bits per heavy atom. The number of nitrogens with one attached hydrogen (secondary N) is 1. The first kappa shape index (κ1) is 21.4. The van der Waals surface area contributed by atoms with E-state index in [-0.39, 0.29) is 12.4 Å². The maximum Gasteiger partial charge on any atom is 0.416 e. The van der Waals surface area contributed by atoms with Gasteiger partial charge in [0, 0.05) is 5.56 Å². The molecule has 0 saturated heterocycles. The number of anilines is 1. The molecule has 0 aromatic heterocycles. The molecule has 4 aromatic rings. The van der Waals surface area contributed by atoms with Gasteiger partial charge in [-0.15, -0.1) is 0 Å². The first-order valence-corrected chi connectivity index (χ1v) is 9.75. The van der Waals surface area contributed by atoms with E-state index >= 15 is 0 Å². The van der Waals surface area contributed by atoms with Crippen molar-refractivity contribution in [2.45, 2.75) is 12.8 Å². The minimum atomic E-state index is -4.39. The van der Waals surface area contributed by atoms with Crippen molar-refractivity contribution in [3.63, 3.8) is 0 Å². The van der Waals surface area contributed by atoms with Crippen LogP contribution in [0, 0.1) is 5.82 Å². The molecule has 1 N–H and O–H groups in total. The Balaban J connectivity index is 1.56. The number of hydrazone groups is 1. The number of fused-ring (bicyclic) bond motifs is 1. The highest BCUT2D eigenvalue weighted by molar-refractivity contribution is 6.02. The molecule has 7 heteroatoms. The summed E-state index contributed by atoms with van der Waals surface area (Å²) in [5.74, 6) is 0.257. The molecular formula is C25H18F4N2O. The van der Waals surface area contributed by atoms with Gasteiger partial charge in [0.25, 0.3) is 0 Å². The lowest BCUT2D eigenvalue weighted by Crippen LogP contribution is -2.04. The summed E-state index contributed by atoms with van der Waals surface area (Å²) in [5, 5.41) is 6.08. The van der Waals surface area contributed by atoms with Gasteiger partial charge in [0.2, 0.25) is 0 Å². The summed E-state index contributed by atoms with van der Waals surface area (Å²) in [5.41, 5.74) is 3.97. The van der Waals surface area contributed by atoms with Gasteiger partial charge in [-0.2, -0.15) is 18.3 Å². The van der Waals surface area contributed by atoms with E-state index in [1.807, 2.05) is 36.4 Å². The molecule has 4 rings (SSSR count). The van der Waals surface area contributed by atoms with Crippen LogP contribution in [0.25, 0.3) is 10.8 Å². The molecule has 32 heavy (non-hydrogen) atoms. The first-order valence-electron chi connectivity index (χ1n) is 9.75. The van der Waals surface area contributed by atoms with Crippen LogP contribution < -0.4 is 10.2 Å². The van der Waals surface area contributed by atoms with Gasteiger partial charge in [0.1, 0.15) is 18.2 Å². The SMILES string of the molecule is Fc1ccc(COc2ccc3ccccc3c2C=NNc2ccc(C(F)(F)F)cc2)cc1. The van der Waals surface area contributed by atoms with E-state index < -0.39 is 11.7 Å². The number of nitrogens with zero attached hydrogens (tertiary/aromatic N) is 1. The van der Waals surface area contributed by atoms with Crippen molar-refractivity contribution < 1.29 is 22.3 Å². The molecule has 0 saturated carbocycles. The first-order chi connectivity index (χ1) is 15.4. The highest BCUT2D eigenvalue weighted by Gasteiger charge is 2.29. The van der Waals surface area contributed by atoms with Gasteiger partial charge in [-0.05, 0) is 58.8 Å². The zero-order valence-electron chi connectivity index (χ0n) is 16.7. The Labute approximate surface area is 182 Å². The van der Waals surface area contributed by atoms with E-state index in [0.717, 1.165) is 28.5 Å². The summed E-state index contributed by atoms with van der Waals surface area (Å²) in [6, 6.07) is 22.1. The van der Waals surface area contributed by atoms with E-state index in [1.165, 1.54) is 24.3 Å². The maximum atomic E-state index is 13.1. The fourth-order valence-corrected chi connectivity index (χ4v) is 3.18. The van der Waals surface area contributed by atoms with Crippen LogP contribution in [0.1, 0.15) is 16.7 Å². The van der Waals surface area contributed by atoms with Crippen molar-refractivity contribution in [2.24, 2.45) is 5.10 Å². The number of benzene rings is 4. The van der Waals surface area contributed by atoms with Crippen molar-refractivity contribution in [1.82, 2.24) is 0 Å². The lowest BCUT2D eigenvalue weighted by molar-refractivity contribution is -0.137. The molecule has 0 heterocycles. The van der Waals surface area contributed by atoms with Gasteiger partial charge in [-0.25, -0.2) is 4.39 Å². The van der Waals surface area contributed by atoms with Crippen LogP contribution in [0.3, 0.4) is 0 Å². The minimum Gasteiger partial charge on any atom is -0.488 e. The van der Waals surface area contributed by atoms with Crippen molar-refractivity contribution in [3.8, 4) is 5.75 Å². The highest BCUT2D eigenvalue weighted by Crippen LogP contribution is 2.30. The third-order valence-electron chi connectivity index (χ3n) is 4.84. The molecule has 0 radical (unpaired) electrons. The van der Waals surface area contributed by atoms with Crippen LogP contribution in [0.5, 0.6) is 5.75 Å². The van der Waals surface area contributed by atoms with Crippen LogP contribution >= 0.6 is 0 Å². The van der Waals surface area contributed by atoms with Crippen molar-refractivity contribution in [1.29, 1.82) is 0 Å². The van der Waals surface area contributed by atoms with Crippen molar-refractivity contribution >= 4 is 22.7 Å². The van der Waals surface area contributed by atoms with E-state index in [2.05, 4.69) is 10.5 Å². The Hall–Kier alpha value is -3.87. The third-order valence-corrected chi connectivity index (χ3v) is 4.84. The van der Waals surface area contributed by atoms with Gasteiger partial charge < -0.3 is 4.74 Å². The second-order valence-electron chi connectivity index (χ2n) is 7.06. The van der Waals surface area contributed by atoms with Gasteiger partial charge in [0.05, 0.1) is 17.5 Å². The number of alkyl halides is 3. The molecule has 0 spiro atoms. The molecule has 0 aliphatic rings. The predicted octanol–water partition coefficient (Wildman–Crippen LogP) is 7.02. The lowest BCUT2D eigenvalue weighted by atomic mass is 10.0. The number of hydrogen-bond acceptors (Lipinski definition) is 3. The third kappa shape index (κ3) is 5.06. The highest BCUT2D eigenvalue weighted by atomic mass is 19.4. The summed E-state index contributed by atoms with van der Waals surface area (Å²) in [4.78, 5) is 0. The molecule has 0 aliphatic heterocycles. The summed E-state index contributed by atoms with van der Waals surface area (Å²) < 4.78 is 57.2. The average Bonchev–Trinajstić information content (AvgIpc) is 2.79. The smallest absolute Gasteiger partial charge is 0.416 e. The van der Waals surface area contributed by atoms with E-state index in [4.69, 9.17) is 4.74 Å². The fourth-order valence-electron chi connectivity index (χ4n) is 3.18. The van der Waals surface area contributed by atoms with Crippen molar-refractivity contribution in [2.75, 3.05) is 5.43 Å².